The van der Waals surface area contributed by atoms with E-state index in [1.165, 1.54) is 33.8 Å². The van der Waals surface area contributed by atoms with Crippen molar-refractivity contribution in [1.29, 1.82) is 0 Å². The molecule has 0 amide bonds. The molecule has 0 aliphatic carbocycles. The van der Waals surface area contributed by atoms with Crippen molar-refractivity contribution in [3.63, 3.8) is 0 Å². The molecule has 2 aliphatic rings. The van der Waals surface area contributed by atoms with Crippen LogP contribution in [0.4, 0.5) is 0 Å². The van der Waals surface area contributed by atoms with E-state index in [0.29, 0.717) is 0 Å². The van der Waals surface area contributed by atoms with Crippen LogP contribution in [0.1, 0.15) is 45.9 Å². The van der Waals surface area contributed by atoms with Gasteiger partial charge in [-0.25, -0.2) is 0 Å². The molecule has 6 nitrogen and oxygen atoms in total. The van der Waals surface area contributed by atoms with E-state index in [4.69, 9.17) is 21.9 Å². The Bertz CT molecular complexity index is 1200. The first-order chi connectivity index (χ1) is 16.9. The van der Waals surface area contributed by atoms with Crippen LogP contribution in [0.25, 0.3) is 5.69 Å². The molecule has 184 valence electrons. The number of hydrogen-bond acceptors (Lipinski definition) is 4. The molecule has 3 aromatic rings. The summed E-state index contributed by atoms with van der Waals surface area (Å²) >= 11 is 5.91. The van der Waals surface area contributed by atoms with E-state index in [-0.39, 0.29) is 12.1 Å². The highest BCUT2D eigenvalue weighted by atomic mass is 32.1. The number of nitrogens with zero attached hydrogens (tertiary/aromatic N) is 4. The van der Waals surface area contributed by atoms with Crippen molar-refractivity contribution in [3.05, 3.63) is 82.4 Å². The third-order valence-corrected chi connectivity index (χ3v) is 7.71. The highest BCUT2D eigenvalue weighted by Gasteiger charge is 2.41. The number of pyridine rings is 1. The average molecular weight is 490 g/mol. The summed E-state index contributed by atoms with van der Waals surface area (Å²) in [5.41, 5.74) is 8.59. The number of benzene rings is 1. The minimum Gasteiger partial charge on any atom is -0.379 e. The van der Waals surface area contributed by atoms with E-state index < -0.39 is 0 Å². The Morgan fingerprint density at radius 2 is 1.83 bits per heavy atom. The van der Waals surface area contributed by atoms with E-state index in [0.717, 1.165) is 50.2 Å². The van der Waals surface area contributed by atoms with E-state index in [1.807, 2.05) is 12.3 Å². The van der Waals surface area contributed by atoms with Crippen molar-refractivity contribution in [2.45, 2.75) is 39.8 Å². The first kappa shape index (κ1) is 24.0. The predicted octanol–water partition coefficient (Wildman–Crippen LogP) is 4.41. The molecule has 0 saturated carbocycles. The van der Waals surface area contributed by atoms with E-state index in [2.05, 4.69) is 83.8 Å². The number of morpholine rings is 1. The number of nitrogens with one attached hydrogen (secondary N) is 1. The minimum absolute atomic E-state index is 0.000876. The lowest BCUT2D eigenvalue weighted by atomic mass is 9.96. The molecule has 0 unspecified atom stereocenters. The maximum atomic E-state index is 5.91. The maximum Gasteiger partial charge on any atom is 0.170 e. The Labute approximate surface area is 213 Å². The van der Waals surface area contributed by atoms with Gasteiger partial charge in [0.25, 0.3) is 0 Å². The maximum absolute atomic E-state index is 5.91. The Hall–Kier alpha value is -2.74. The van der Waals surface area contributed by atoms with Gasteiger partial charge in [-0.15, -0.1) is 0 Å². The number of aromatic nitrogens is 2. The summed E-state index contributed by atoms with van der Waals surface area (Å²) in [5, 5.41) is 4.42. The predicted molar refractivity (Wildman–Crippen MR) is 144 cm³/mol. The fourth-order valence-corrected chi connectivity index (χ4v) is 5.81. The molecule has 2 aliphatic heterocycles. The summed E-state index contributed by atoms with van der Waals surface area (Å²) in [5.74, 6) is 0. The molecule has 4 heterocycles. The molecule has 2 fully saturated rings. The number of rotatable bonds is 6. The van der Waals surface area contributed by atoms with Gasteiger partial charge in [0.15, 0.2) is 5.11 Å². The molecule has 5 rings (SSSR count). The van der Waals surface area contributed by atoms with Gasteiger partial charge in [0, 0.05) is 49.5 Å². The summed E-state index contributed by atoms with van der Waals surface area (Å²) in [7, 11) is 0. The summed E-state index contributed by atoms with van der Waals surface area (Å²) in [6, 6.07) is 15.2. The van der Waals surface area contributed by atoms with Gasteiger partial charge < -0.3 is 19.5 Å². The zero-order valence-corrected chi connectivity index (χ0v) is 21.9. The summed E-state index contributed by atoms with van der Waals surface area (Å²) < 4.78 is 7.94. The van der Waals surface area contributed by atoms with E-state index >= 15 is 0 Å². The molecular formula is C28H35N5OS. The largest absolute Gasteiger partial charge is 0.379 e. The molecule has 0 bridgehead atoms. The fourth-order valence-electron chi connectivity index (χ4n) is 5.48. The lowest BCUT2D eigenvalue weighted by Crippen LogP contribution is -2.42. The smallest absolute Gasteiger partial charge is 0.170 e. The third-order valence-electron chi connectivity index (χ3n) is 7.35. The van der Waals surface area contributed by atoms with Crippen molar-refractivity contribution in [1.82, 2.24) is 24.7 Å². The van der Waals surface area contributed by atoms with Gasteiger partial charge in [-0.05, 0) is 80.9 Å². The lowest BCUT2D eigenvalue weighted by molar-refractivity contribution is 0.0350. The average Bonchev–Trinajstić information content (AvgIpc) is 3.35. The Balaban J connectivity index is 1.55. The van der Waals surface area contributed by atoms with E-state index in [9.17, 15) is 0 Å². The highest BCUT2D eigenvalue weighted by Crippen LogP contribution is 2.41. The molecule has 0 spiro atoms. The number of aryl methyl sites for hydroxylation is 3. The molecule has 2 aromatic heterocycles. The van der Waals surface area contributed by atoms with Crippen molar-refractivity contribution >= 4 is 17.3 Å². The number of ether oxygens (including phenoxy) is 1. The summed E-state index contributed by atoms with van der Waals surface area (Å²) in [6.45, 7) is 14.2. The quantitative estimate of drug-likeness (QED) is 0.518. The molecule has 1 N–H and O–H groups in total. The molecule has 7 heteroatoms. The van der Waals surface area contributed by atoms with Gasteiger partial charge in [0.05, 0.1) is 31.0 Å². The highest BCUT2D eigenvalue weighted by molar-refractivity contribution is 7.80. The van der Waals surface area contributed by atoms with Gasteiger partial charge in [0.1, 0.15) is 0 Å². The first-order valence-electron chi connectivity index (χ1n) is 12.5. The summed E-state index contributed by atoms with van der Waals surface area (Å²) in [4.78, 5) is 9.56. The number of hydrogen-bond donors (Lipinski definition) is 1. The van der Waals surface area contributed by atoms with Gasteiger partial charge in [-0.1, -0.05) is 18.2 Å². The Morgan fingerprint density at radius 1 is 1.03 bits per heavy atom. The van der Waals surface area contributed by atoms with Crippen LogP contribution in [0.2, 0.25) is 0 Å². The normalized spacial score (nSPS) is 20.9. The Morgan fingerprint density at radius 3 is 2.57 bits per heavy atom. The zero-order chi connectivity index (χ0) is 24.5. The van der Waals surface area contributed by atoms with Gasteiger partial charge in [-0.2, -0.15) is 0 Å². The van der Waals surface area contributed by atoms with Crippen LogP contribution in [0, 0.1) is 27.7 Å². The molecule has 2 saturated heterocycles. The second kappa shape index (κ2) is 10.1. The monoisotopic (exact) mass is 489 g/mol. The van der Waals surface area contributed by atoms with Crippen LogP contribution >= 0.6 is 12.2 Å². The minimum atomic E-state index is 0.000876. The molecule has 2 atom stereocenters. The topological polar surface area (TPSA) is 45.6 Å². The van der Waals surface area contributed by atoms with Crippen molar-refractivity contribution in [2.75, 3.05) is 39.4 Å². The zero-order valence-electron chi connectivity index (χ0n) is 21.1. The molecule has 35 heavy (non-hydrogen) atoms. The Kier molecular flexibility index (Phi) is 6.91. The van der Waals surface area contributed by atoms with Crippen LogP contribution in [0.15, 0.2) is 48.7 Å². The molecule has 1 aromatic carbocycles. The van der Waals surface area contributed by atoms with Crippen molar-refractivity contribution in [3.8, 4) is 5.69 Å². The van der Waals surface area contributed by atoms with Gasteiger partial charge in [0.2, 0.25) is 0 Å². The molecular weight excluding hydrogens is 454 g/mol. The van der Waals surface area contributed by atoms with E-state index in [1.54, 1.807) is 0 Å². The summed E-state index contributed by atoms with van der Waals surface area (Å²) in [6.07, 6.45) is 1.87. The standard InChI is InChI=1S/C28H35N5OS/c1-19-8-9-20(2)25(17-19)33-21(3)18-23(22(33)4)27-26(24-7-5-6-10-29-24)30-28(35)32(27)12-11-31-13-15-34-16-14-31/h5-10,17-18,26-27H,11-16H2,1-4H3,(H,30,35)/t26-,27+/m0/s1. The second-order valence-corrected chi connectivity index (χ2v) is 10.1. The number of thiocarbonyl (C=S) groups is 1. The van der Waals surface area contributed by atoms with Crippen molar-refractivity contribution < 1.29 is 4.74 Å². The molecule has 0 radical (unpaired) electrons. The van der Waals surface area contributed by atoms with Crippen LogP contribution in [-0.4, -0.2) is 63.9 Å². The van der Waals surface area contributed by atoms with Gasteiger partial charge in [-0.3, -0.25) is 9.88 Å². The first-order valence-corrected chi connectivity index (χ1v) is 12.9. The van der Waals surface area contributed by atoms with Crippen LogP contribution in [-0.2, 0) is 4.74 Å². The van der Waals surface area contributed by atoms with Crippen LogP contribution < -0.4 is 5.32 Å². The second-order valence-electron chi connectivity index (χ2n) is 9.73. The van der Waals surface area contributed by atoms with Crippen LogP contribution in [0.5, 0.6) is 0 Å². The fraction of sp³-hybridized carbons (Fsp3) is 0.429. The SMILES string of the molecule is Cc1ccc(C)c(-n2c(C)cc([C@@H]3[C@H](c4ccccn4)NC(=S)N3CCN3CCOCC3)c2C)c1. The third kappa shape index (κ3) is 4.73. The van der Waals surface area contributed by atoms with Gasteiger partial charge >= 0.3 is 0 Å². The lowest BCUT2D eigenvalue weighted by Gasteiger charge is -2.32. The van der Waals surface area contributed by atoms with Crippen molar-refractivity contribution in [2.24, 2.45) is 0 Å². The van der Waals surface area contributed by atoms with Crippen LogP contribution in [0.3, 0.4) is 0 Å².